The van der Waals surface area contributed by atoms with Gasteiger partial charge in [-0.3, -0.25) is 4.98 Å². The molecule has 1 aromatic rings. The molecule has 3 rings (SSSR count). The van der Waals surface area contributed by atoms with Gasteiger partial charge in [-0.05, 0) is 63.7 Å². The average Bonchev–Trinajstić information content (AvgIpc) is 3.21. The van der Waals surface area contributed by atoms with Crippen LogP contribution in [-0.4, -0.2) is 30.7 Å². The molecule has 18 heavy (non-hydrogen) atoms. The van der Waals surface area contributed by atoms with Crippen LogP contribution in [0.1, 0.15) is 31.4 Å². The van der Waals surface area contributed by atoms with Gasteiger partial charge >= 0.3 is 0 Å². The van der Waals surface area contributed by atoms with E-state index in [4.69, 9.17) is 0 Å². The standard InChI is InChI=1S/C15H23N3/c1-12-10-15(6-9-17-12)18(14-2-3-14)11-13-4-7-16-8-5-13/h6,9-10,13-14,16H,2-5,7-8,11H2,1H3. The van der Waals surface area contributed by atoms with Crippen LogP contribution in [0.2, 0.25) is 0 Å². The van der Waals surface area contributed by atoms with Gasteiger partial charge in [0.05, 0.1) is 0 Å². The number of hydrogen-bond acceptors (Lipinski definition) is 3. The van der Waals surface area contributed by atoms with Gasteiger partial charge in [0.15, 0.2) is 0 Å². The molecule has 0 spiro atoms. The maximum absolute atomic E-state index is 4.31. The third-order valence-corrected chi connectivity index (χ3v) is 4.11. The highest BCUT2D eigenvalue weighted by atomic mass is 15.2. The van der Waals surface area contributed by atoms with Crippen LogP contribution in [0.4, 0.5) is 5.69 Å². The van der Waals surface area contributed by atoms with E-state index in [9.17, 15) is 0 Å². The molecule has 0 bridgehead atoms. The molecule has 0 amide bonds. The van der Waals surface area contributed by atoms with Crippen LogP contribution in [0, 0.1) is 12.8 Å². The molecular formula is C15H23N3. The first kappa shape index (κ1) is 12.0. The predicted molar refractivity (Wildman–Crippen MR) is 74.9 cm³/mol. The Morgan fingerprint density at radius 2 is 2.06 bits per heavy atom. The maximum Gasteiger partial charge on any atom is 0.0402 e. The van der Waals surface area contributed by atoms with Crippen molar-refractivity contribution in [1.82, 2.24) is 10.3 Å². The first-order valence-electron chi connectivity index (χ1n) is 7.23. The van der Waals surface area contributed by atoms with E-state index in [1.165, 1.54) is 51.0 Å². The number of hydrogen-bond donors (Lipinski definition) is 1. The van der Waals surface area contributed by atoms with Crippen molar-refractivity contribution in [3.63, 3.8) is 0 Å². The summed E-state index contributed by atoms with van der Waals surface area (Å²) in [6.45, 7) is 5.70. The van der Waals surface area contributed by atoms with Crippen molar-refractivity contribution in [3.8, 4) is 0 Å². The number of piperidine rings is 1. The zero-order chi connectivity index (χ0) is 12.4. The van der Waals surface area contributed by atoms with E-state index in [0.717, 1.165) is 17.7 Å². The molecule has 2 fully saturated rings. The summed E-state index contributed by atoms with van der Waals surface area (Å²) in [6.07, 6.45) is 7.34. The molecule has 3 heteroatoms. The highest BCUT2D eigenvalue weighted by Crippen LogP contribution is 2.33. The van der Waals surface area contributed by atoms with E-state index < -0.39 is 0 Å². The average molecular weight is 245 g/mol. The predicted octanol–water partition coefficient (Wildman–Crippen LogP) is 2.36. The van der Waals surface area contributed by atoms with E-state index in [-0.39, 0.29) is 0 Å². The van der Waals surface area contributed by atoms with Crippen LogP contribution >= 0.6 is 0 Å². The van der Waals surface area contributed by atoms with E-state index >= 15 is 0 Å². The summed E-state index contributed by atoms with van der Waals surface area (Å²) in [7, 11) is 0. The summed E-state index contributed by atoms with van der Waals surface area (Å²) in [5.41, 5.74) is 2.51. The largest absolute Gasteiger partial charge is 0.368 e. The van der Waals surface area contributed by atoms with Gasteiger partial charge in [-0.2, -0.15) is 0 Å². The van der Waals surface area contributed by atoms with Crippen molar-refractivity contribution < 1.29 is 0 Å². The van der Waals surface area contributed by atoms with Crippen LogP contribution in [0.15, 0.2) is 18.3 Å². The topological polar surface area (TPSA) is 28.2 Å². The number of nitrogens with zero attached hydrogens (tertiary/aromatic N) is 2. The van der Waals surface area contributed by atoms with Crippen LogP contribution in [0.25, 0.3) is 0 Å². The lowest BCUT2D eigenvalue weighted by Gasteiger charge is -2.32. The fraction of sp³-hybridized carbons (Fsp3) is 0.667. The lowest BCUT2D eigenvalue weighted by Crippen LogP contribution is -2.37. The first-order chi connectivity index (χ1) is 8.83. The Bertz CT molecular complexity index is 394. The summed E-state index contributed by atoms with van der Waals surface area (Å²) >= 11 is 0. The lowest BCUT2D eigenvalue weighted by atomic mass is 9.97. The second-order valence-electron chi connectivity index (χ2n) is 5.73. The number of rotatable bonds is 4. The monoisotopic (exact) mass is 245 g/mol. The van der Waals surface area contributed by atoms with Crippen LogP contribution in [0.3, 0.4) is 0 Å². The Kier molecular flexibility index (Phi) is 3.50. The van der Waals surface area contributed by atoms with Gasteiger partial charge in [-0.25, -0.2) is 0 Å². The van der Waals surface area contributed by atoms with Crippen molar-refractivity contribution in [2.24, 2.45) is 5.92 Å². The molecule has 0 aromatic carbocycles. The molecule has 1 aliphatic carbocycles. The number of pyridine rings is 1. The first-order valence-corrected chi connectivity index (χ1v) is 7.23. The summed E-state index contributed by atoms with van der Waals surface area (Å²) in [5.74, 6) is 0.861. The van der Waals surface area contributed by atoms with E-state index in [0.29, 0.717) is 0 Å². The molecule has 1 N–H and O–H groups in total. The van der Waals surface area contributed by atoms with Crippen molar-refractivity contribution in [1.29, 1.82) is 0 Å². The molecule has 1 saturated carbocycles. The Labute approximate surface area is 110 Å². The fourth-order valence-corrected chi connectivity index (χ4v) is 2.90. The summed E-state index contributed by atoms with van der Waals surface area (Å²) in [5, 5.41) is 3.45. The van der Waals surface area contributed by atoms with Gasteiger partial charge in [-0.1, -0.05) is 0 Å². The number of anilines is 1. The second-order valence-corrected chi connectivity index (χ2v) is 5.73. The number of aromatic nitrogens is 1. The molecular weight excluding hydrogens is 222 g/mol. The van der Waals surface area contributed by atoms with E-state index in [1.807, 2.05) is 6.20 Å². The Hall–Kier alpha value is -1.09. The second kappa shape index (κ2) is 5.27. The normalized spacial score (nSPS) is 20.9. The maximum atomic E-state index is 4.31. The van der Waals surface area contributed by atoms with E-state index in [2.05, 4.69) is 34.3 Å². The molecule has 2 heterocycles. The van der Waals surface area contributed by atoms with Crippen LogP contribution in [-0.2, 0) is 0 Å². The third-order valence-electron chi connectivity index (χ3n) is 4.11. The molecule has 0 unspecified atom stereocenters. The number of aryl methyl sites for hydroxylation is 1. The van der Waals surface area contributed by atoms with E-state index in [1.54, 1.807) is 0 Å². The van der Waals surface area contributed by atoms with Gasteiger partial charge in [0.1, 0.15) is 0 Å². The minimum absolute atomic E-state index is 0.793. The van der Waals surface area contributed by atoms with Crippen LogP contribution < -0.4 is 10.2 Å². The SMILES string of the molecule is Cc1cc(N(CC2CCNCC2)C2CC2)ccn1. The van der Waals surface area contributed by atoms with Gasteiger partial charge in [0, 0.05) is 30.2 Å². The fourth-order valence-electron chi connectivity index (χ4n) is 2.90. The zero-order valence-corrected chi connectivity index (χ0v) is 11.2. The smallest absolute Gasteiger partial charge is 0.0402 e. The molecule has 3 nitrogen and oxygen atoms in total. The van der Waals surface area contributed by atoms with Crippen molar-refractivity contribution in [2.75, 3.05) is 24.5 Å². The van der Waals surface area contributed by atoms with Gasteiger partial charge in [0.25, 0.3) is 0 Å². The summed E-state index contributed by atoms with van der Waals surface area (Å²) in [6, 6.07) is 5.20. The lowest BCUT2D eigenvalue weighted by molar-refractivity contribution is 0.372. The van der Waals surface area contributed by atoms with Crippen molar-refractivity contribution in [3.05, 3.63) is 24.0 Å². The third kappa shape index (κ3) is 2.83. The summed E-state index contributed by atoms with van der Waals surface area (Å²) < 4.78 is 0. The Morgan fingerprint density at radius 1 is 1.28 bits per heavy atom. The van der Waals surface area contributed by atoms with Crippen LogP contribution in [0.5, 0.6) is 0 Å². The minimum atomic E-state index is 0.793. The molecule has 98 valence electrons. The highest BCUT2D eigenvalue weighted by molar-refractivity contribution is 5.48. The molecule has 0 radical (unpaired) electrons. The molecule has 0 atom stereocenters. The van der Waals surface area contributed by atoms with Gasteiger partial charge < -0.3 is 10.2 Å². The van der Waals surface area contributed by atoms with Gasteiger partial charge in [0.2, 0.25) is 0 Å². The molecule has 1 aliphatic heterocycles. The number of nitrogens with one attached hydrogen (secondary N) is 1. The van der Waals surface area contributed by atoms with Crippen molar-refractivity contribution >= 4 is 5.69 Å². The van der Waals surface area contributed by atoms with Crippen molar-refractivity contribution in [2.45, 2.75) is 38.6 Å². The Morgan fingerprint density at radius 3 is 2.72 bits per heavy atom. The highest BCUT2D eigenvalue weighted by Gasteiger charge is 2.31. The zero-order valence-electron chi connectivity index (χ0n) is 11.2. The molecule has 2 aliphatic rings. The Balaban J connectivity index is 1.71. The summed E-state index contributed by atoms with van der Waals surface area (Å²) in [4.78, 5) is 6.94. The molecule has 1 saturated heterocycles. The molecule has 1 aromatic heterocycles. The minimum Gasteiger partial charge on any atom is -0.368 e. The van der Waals surface area contributed by atoms with Gasteiger partial charge in [-0.15, -0.1) is 0 Å². The quantitative estimate of drug-likeness (QED) is 0.882.